The molecule has 0 spiro atoms. The Labute approximate surface area is 251 Å². The van der Waals surface area contributed by atoms with Crippen molar-refractivity contribution in [2.75, 3.05) is 39.3 Å². The number of amides is 3. The third-order valence-corrected chi connectivity index (χ3v) is 7.68. The van der Waals surface area contributed by atoms with Gasteiger partial charge in [0.2, 0.25) is 17.7 Å². The minimum atomic E-state index is -0.956. The van der Waals surface area contributed by atoms with Crippen LogP contribution in [0.5, 0.6) is 11.5 Å². The Hall–Kier alpha value is -2.89. The number of methoxy groups -OCH3 is 2. The molecule has 11 nitrogen and oxygen atoms in total. The molecule has 0 radical (unpaired) electrons. The first-order valence-electron chi connectivity index (χ1n) is 14.7. The fraction of sp³-hybridized carbons (Fsp3) is 0.710. The molecule has 42 heavy (non-hydrogen) atoms. The van der Waals surface area contributed by atoms with Gasteiger partial charge in [0.1, 0.15) is 11.5 Å². The van der Waals surface area contributed by atoms with Gasteiger partial charge in [-0.25, -0.2) is 0 Å². The lowest BCUT2D eigenvalue weighted by Gasteiger charge is -2.30. The highest BCUT2D eigenvalue weighted by Crippen LogP contribution is 2.31. The van der Waals surface area contributed by atoms with Gasteiger partial charge in [-0.2, -0.15) is 0 Å². The van der Waals surface area contributed by atoms with E-state index in [2.05, 4.69) is 10.6 Å². The van der Waals surface area contributed by atoms with Crippen LogP contribution in [-0.4, -0.2) is 69.0 Å². The maximum Gasteiger partial charge on any atom is 0.224 e. The maximum atomic E-state index is 13.1. The molecule has 1 aromatic carbocycles. The third kappa shape index (κ3) is 12.5. The van der Waals surface area contributed by atoms with Crippen LogP contribution in [0.25, 0.3) is 0 Å². The zero-order chi connectivity index (χ0) is 32.0. The lowest BCUT2D eigenvalue weighted by Crippen LogP contribution is -2.46. The van der Waals surface area contributed by atoms with E-state index >= 15 is 0 Å². The summed E-state index contributed by atoms with van der Waals surface area (Å²) in [5.41, 5.74) is 11.5. The van der Waals surface area contributed by atoms with Crippen molar-refractivity contribution in [3.05, 3.63) is 18.2 Å². The number of rotatable bonds is 20. The number of aliphatic hydroxyl groups excluding tert-OH is 1. The topological polar surface area (TPSA) is 175 Å². The lowest BCUT2D eigenvalue weighted by molar-refractivity contribution is -0.130. The highest BCUT2D eigenvalue weighted by Gasteiger charge is 2.32. The predicted molar refractivity (Wildman–Crippen MR) is 164 cm³/mol. The number of carbonyl (C=O) groups excluding carboxylic acids is 3. The van der Waals surface area contributed by atoms with Gasteiger partial charge in [-0.3, -0.25) is 14.4 Å². The van der Waals surface area contributed by atoms with Crippen molar-refractivity contribution in [3.63, 3.8) is 0 Å². The predicted octanol–water partition coefficient (Wildman–Crippen LogP) is 3.08. The van der Waals surface area contributed by atoms with Crippen molar-refractivity contribution in [1.29, 1.82) is 0 Å². The summed E-state index contributed by atoms with van der Waals surface area (Å²) in [4.78, 5) is 37.7. The van der Waals surface area contributed by atoms with Crippen LogP contribution in [0, 0.1) is 29.1 Å². The standard InChI is InChI=1S/C31H54N4O7/c1-19(2)21(15-28(37)35-25-16-22(41-8)10-11-27(25)42-13-9-12-40-7)14-24(32)26(36)17-23(20(3)4)29(38)34-18-31(5,6)30(33)39/h10-11,16,19-21,23-24,26,36H,9,12-15,17-18,32H2,1-8H3,(H2,33,39)(H,34,38)(H,35,37)/t21-,23+,24+,26+/m1/s1. The SMILES string of the molecule is COCCCOc1ccc(OC)cc1NC(=O)C[C@@H](C[C@H](N)[C@@H](O)C[C@H](C(=O)NCC(C)(C)C(N)=O)C(C)C)C(C)C. The van der Waals surface area contributed by atoms with Crippen molar-refractivity contribution in [3.8, 4) is 11.5 Å². The van der Waals surface area contributed by atoms with Gasteiger partial charge < -0.3 is 41.4 Å². The quantitative estimate of drug-likeness (QED) is 0.143. The van der Waals surface area contributed by atoms with Gasteiger partial charge in [-0.15, -0.1) is 0 Å². The van der Waals surface area contributed by atoms with Gasteiger partial charge in [-0.05, 0) is 56.6 Å². The third-order valence-electron chi connectivity index (χ3n) is 7.68. The number of primary amides is 1. The van der Waals surface area contributed by atoms with E-state index in [1.54, 1.807) is 46.3 Å². The molecule has 240 valence electrons. The van der Waals surface area contributed by atoms with E-state index in [0.717, 1.165) is 0 Å². The second-order valence-corrected chi connectivity index (χ2v) is 12.3. The summed E-state index contributed by atoms with van der Waals surface area (Å²) in [5, 5.41) is 16.7. The van der Waals surface area contributed by atoms with E-state index in [4.69, 9.17) is 25.7 Å². The van der Waals surface area contributed by atoms with Crippen molar-refractivity contribution in [1.82, 2.24) is 5.32 Å². The van der Waals surface area contributed by atoms with Crippen molar-refractivity contribution >= 4 is 23.4 Å². The van der Waals surface area contributed by atoms with E-state index < -0.39 is 29.4 Å². The van der Waals surface area contributed by atoms with Gasteiger partial charge in [0.15, 0.2) is 0 Å². The van der Waals surface area contributed by atoms with E-state index in [9.17, 15) is 19.5 Å². The largest absolute Gasteiger partial charge is 0.497 e. The number of benzene rings is 1. The van der Waals surface area contributed by atoms with Gasteiger partial charge >= 0.3 is 0 Å². The molecule has 0 heterocycles. The van der Waals surface area contributed by atoms with Gasteiger partial charge in [0.05, 0.1) is 30.9 Å². The minimum absolute atomic E-state index is 0.0657. The van der Waals surface area contributed by atoms with E-state index in [1.807, 2.05) is 27.7 Å². The molecule has 3 amide bonds. The molecule has 0 saturated heterocycles. The normalized spacial score (nSPS) is 14.7. The van der Waals surface area contributed by atoms with Crippen LogP contribution in [0.4, 0.5) is 5.69 Å². The van der Waals surface area contributed by atoms with Crippen molar-refractivity contribution in [2.45, 2.75) is 79.4 Å². The Balaban J connectivity index is 2.86. The Morgan fingerprint density at radius 2 is 1.69 bits per heavy atom. The first-order valence-corrected chi connectivity index (χ1v) is 14.7. The Kier molecular flexibility index (Phi) is 15.8. The molecule has 0 fully saturated rings. The summed E-state index contributed by atoms with van der Waals surface area (Å²) in [5.74, 6) is -0.432. The van der Waals surface area contributed by atoms with Crippen molar-refractivity contribution in [2.24, 2.45) is 40.6 Å². The summed E-state index contributed by atoms with van der Waals surface area (Å²) in [6, 6.07) is 4.59. The second kappa shape index (κ2) is 17.9. The molecule has 0 aromatic heterocycles. The van der Waals surface area contributed by atoms with Gasteiger partial charge in [0.25, 0.3) is 0 Å². The molecule has 0 bridgehead atoms. The smallest absolute Gasteiger partial charge is 0.224 e. The molecule has 4 atom stereocenters. The zero-order valence-electron chi connectivity index (χ0n) is 26.7. The van der Waals surface area contributed by atoms with Crippen LogP contribution in [0.2, 0.25) is 0 Å². The van der Waals surface area contributed by atoms with Crippen LogP contribution in [0.1, 0.15) is 67.2 Å². The van der Waals surface area contributed by atoms with E-state index in [-0.39, 0.29) is 49.0 Å². The highest BCUT2D eigenvalue weighted by atomic mass is 16.5. The molecule has 0 aliphatic heterocycles. The first-order chi connectivity index (χ1) is 19.6. The number of hydrogen-bond donors (Lipinski definition) is 5. The Morgan fingerprint density at radius 3 is 2.24 bits per heavy atom. The fourth-order valence-electron chi connectivity index (χ4n) is 4.43. The number of aliphatic hydroxyl groups is 1. The van der Waals surface area contributed by atoms with Crippen molar-refractivity contribution < 1.29 is 33.7 Å². The summed E-state index contributed by atoms with van der Waals surface area (Å²) in [7, 11) is 3.18. The Bertz CT molecular complexity index is 999. The molecule has 1 aromatic rings. The van der Waals surface area contributed by atoms with Crippen LogP contribution < -0.4 is 31.6 Å². The molecule has 0 unspecified atom stereocenters. The molecule has 7 N–H and O–H groups in total. The number of hydrogen-bond acceptors (Lipinski definition) is 8. The fourth-order valence-corrected chi connectivity index (χ4v) is 4.43. The molecule has 11 heteroatoms. The lowest BCUT2D eigenvalue weighted by atomic mass is 9.81. The molecule has 0 aliphatic rings. The summed E-state index contributed by atoms with van der Waals surface area (Å²) < 4.78 is 16.2. The van der Waals surface area contributed by atoms with Crippen LogP contribution in [-0.2, 0) is 19.1 Å². The highest BCUT2D eigenvalue weighted by molar-refractivity contribution is 5.92. The Morgan fingerprint density at radius 1 is 1.02 bits per heavy atom. The minimum Gasteiger partial charge on any atom is -0.497 e. The summed E-state index contributed by atoms with van der Waals surface area (Å²) in [6.07, 6.45) is 0.491. The average molecular weight is 595 g/mol. The molecular formula is C31H54N4O7. The number of nitrogens with two attached hydrogens (primary N) is 2. The molecule has 0 aliphatic carbocycles. The number of carbonyl (C=O) groups is 3. The van der Waals surface area contributed by atoms with E-state index in [0.29, 0.717) is 43.2 Å². The maximum absolute atomic E-state index is 13.1. The number of anilines is 1. The second-order valence-electron chi connectivity index (χ2n) is 12.3. The average Bonchev–Trinajstić information content (AvgIpc) is 2.92. The number of nitrogens with one attached hydrogen (secondary N) is 2. The monoisotopic (exact) mass is 594 g/mol. The summed E-state index contributed by atoms with van der Waals surface area (Å²) >= 11 is 0. The zero-order valence-corrected chi connectivity index (χ0v) is 26.7. The van der Waals surface area contributed by atoms with E-state index in [1.165, 1.54) is 0 Å². The van der Waals surface area contributed by atoms with Gasteiger partial charge in [-0.1, -0.05) is 27.7 Å². The molecule has 1 rings (SSSR count). The molecule has 0 saturated carbocycles. The first kappa shape index (κ1) is 37.1. The number of ether oxygens (including phenoxy) is 3. The molecular weight excluding hydrogens is 540 g/mol. The van der Waals surface area contributed by atoms with Crippen LogP contribution in [0.15, 0.2) is 18.2 Å². The van der Waals surface area contributed by atoms with Crippen LogP contribution in [0.3, 0.4) is 0 Å². The van der Waals surface area contributed by atoms with Crippen LogP contribution >= 0.6 is 0 Å². The summed E-state index contributed by atoms with van der Waals surface area (Å²) in [6.45, 7) is 12.3. The van der Waals surface area contributed by atoms with Gasteiger partial charge in [0, 0.05) is 51.1 Å².